The fraction of sp³-hybridized carbons (Fsp3) is 0.500. The molecule has 2 aromatic carbocycles. The number of benzene rings is 2. The van der Waals surface area contributed by atoms with Crippen LogP contribution in [0.1, 0.15) is 68.9 Å². The normalized spacial score (nSPS) is 19.9. The van der Waals surface area contributed by atoms with Crippen LogP contribution in [0.2, 0.25) is 0 Å². The molecule has 2 saturated heterocycles. The van der Waals surface area contributed by atoms with Crippen LogP contribution in [0, 0.1) is 5.92 Å². The molecule has 0 unspecified atom stereocenters. The smallest absolute Gasteiger partial charge is 0.461 e. The highest BCUT2D eigenvalue weighted by Gasteiger charge is 2.44. The van der Waals surface area contributed by atoms with E-state index >= 15 is 0 Å². The quantitative estimate of drug-likeness (QED) is 0.104. The number of carbonyl (C=O) groups is 5. The molecule has 0 aromatic heterocycles. The zero-order valence-corrected chi connectivity index (χ0v) is 28.4. The monoisotopic (exact) mass is 700 g/mol. The van der Waals surface area contributed by atoms with Crippen molar-refractivity contribution in [3.63, 3.8) is 0 Å². The second-order valence-corrected chi connectivity index (χ2v) is 13.5. The maximum atomic E-state index is 14.0. The van der Waals surface area contributed by atoms with Crippen LogP contribution in [-0.2, 0) is 46.3 Å². The molecule has 0 aliphatic carbocycles. The number of nitrogens with zero attached hydrogens (tertiary/aromatic N) is 1. The second kappa shape index (κ2) is 17.9. The van der Waals surface area contributed by atoms with Crippen molar-refractivity contribution < 1.29 is 47.6 Å². The maximum absolute atomic E-state index is 14.0. The molecule has 2 aromatic rings. The van der Waals surface area contributed by atoms with Crippen molar-refractivity contribution in [2.45, 2.75) is 88.9 Å². The van der Waals surface area contributed by atoms with E-state index in [0.717, 1.165) is 18.4 Å². The molecule has 4 rings (SSSR count). The van der Waals surface area contributed by atoms with Crippen molar-refractivity contribution in [2.75, 3.05) is 13.6 Å². The molecule has 4 amide bonds. The van der Waals surface area contributed by atoms with Gasteiger partial charge in [-0.15, -0.1) is 0 Å². The number of phosphoric acid groups is 1. The third kappa shape index (κ3) is 11.7. The Balaban J connectivity index is 1.46. The highest BCUT2D eigenvalue weighted by atomic mass is 31.2. The molecule has 2 aliphatic heterocycles. The molecule has 4 atom stereocenters. The van der Waals surface area contributed by atoms with Crippen molar-refractivity contribution in [3.8, 4) is 5.75 Å². The number of ether oxygens (including phenoxy) is 1. The molecule has 2 fully saturated rings. The Morgan fingerprint density at radius 1 is 0.959 bits per heavy atom. The molecule has 5 N–H and O–H groups in total. The minimum atomic E-state index is -4.76. The van der Waals surface area contributed by atoms with Gasteiger partial charge in [0.15, 0.2) is 0 Å². The lowest BCUT2D eigenvalue weighted by molar-refractivity contribution is -0.149. The molecule has 49 heavy (non-hydrogen) atoms. The Morgan fingerprint density at radius 3 is 2.37 bits per heavy atom. The summed E-state index contributed by atoms with van der Waals surface area (Å²) in [5.74, 6) is -2.90. The van der Waals surface area contributed by atoms with Crippen LogP contribution >= 0.6 is 7.82 Å². The fourth-order valence-corrected chi connectivity index (χ4v) is 6.68. The highest BCUT2D eigenvalue weighted by molar-refractivity contribution is 7.46. The lowest BCUT2D eigenvalue weighted by Crippen LogP contribution is -2.57. The average molecular weight is 701 g/mol. The topological polar surface area (TPSA) is 201 Å². The summed E-state index contributed by atoms with van der Waals surface area (Å²) < 4.78 is 21.3. The van der Waals surface area contributed by atoms with Gasteiger partial charge in [-0.25, -0.2) is 4.57 Å². The van der Waals surface area contributed by atoms with E-state index in [9.17, 15) is 28.5 Å². The first kappa shape index (κ1) is 37.6. The van der Waals surface area contributed by atoms with Gasteiger partial charge in [0.2, 0.25) is 23.6 Å². The zero-order valence-electron chi connectivity index (χ0n) is 27.5. The molecule has 15 heteroatoms. The van der Waals surface area contributed by atoms with E-state index in [4.69, 9.17) is 14.5 Å². The van der Waals surface area contributed by atoms with Gasteiger partial charge in [0, 0.05) is 26.1 Å². The summed E-state index contributed by atoms with van der Waals surface area (Å²) in [7, 11) is -3.21. The molecule has 14 nitrogen and oxygen atoms in total. The molecule has 0 bridgehead atoms. The molecule has 2 heterocycles. The van der Waals surface area contributed by atoms with Crippen LogP contribution in [0.3, 0.4) is 0 Å². The molecule has 2 aliphatic rings. The standard InChI is InChI=1S/C34H45N4O10P/c1-35-30(39)12-7-19-36-33(42)29-18-15-26-10-5-6-11-28(34(43)38(26)29)37-32(41)25(21-31(40)47-22-24-8-3-2-4-9-24)20-23-13-16-27(17-14-23)48-49(44,45)46/h2-4,8-9,13-14,16-17,25-26,28-29H,5-7,10-12,15,18-22H2,1H3,(H,35,39)(H,36,42)(H,37,41)(H2,44,45,46)/t25-,26+,28+,29+/m1/s1. The molecular weight excluding hydrogens is 655 g/mol. The van der Waals surface area contributed by atoms with Gasteiger partial charge >= 0.3 is 13.8 Å². The summed E-state index contributed by atoms with van der Waals surface area (Å²) in [4.78, 5) is 85.4. The summed E-state index contributed by atoms with van der Waals surface area (Å²) in [5.41, 5.74) is 1.37. The summed E-state index contributed by atoms with van der Waals surface area (Å²) in [6.45, 7) is 0.319. The lowest BCUT2D eigenvalue weighted by Gasteiger charge is -2.35. The van der Waals surface area contributed by atoms with Crippen molar-refractivity contribution in [1.29, 1.82) is 0 Å². The number of nitrogens with one attached hydrogen (secondary N) is 3. The lowest BCUT2D eigenvalue weighted by atomic mass is 9.93. The Kier molecular flexibility index (Phi) is 13.7. The average Bonchev–Trinajstić information content (AvgIpc) is 3.49. The van der Waals surface area contributed by atoms with Gasteiger partial charge in [0.1, 0.15) is 24.4 Å². The summed E-state index contributed by atoms with van der Waals surface area (Å²) in [6, 6.07) is 13.1. The van der Waals surface area contributed by atoms with Gasteiger partial charge in [-0.3, -0.25) is 33.8 Å². The second-order valence-electron chi connectivity index (χ2n) is 12.4. The minimum absolute atomic E-state index is 0.0230. The third-order valence-corrected chi connectivity index (χ3v) is 9.22. The maximum Gasteiger partial charge on any atom is 0.524 e. The molecule has 0 saturated carbocycles. The molecular formula is C34H45N4O10P. The summed E-state index contributed by atoms with van der Waals surface area (Å²) >= 11 is 0. The van der Waals surface area contributed by atoms with Crippen molar-refractivity contribution >= 4 is 37.4 Å². The van der Waals surface area contributed by atoms with Gasteiger partial charge in [-0.05, 0) is 61.8 Å². The van der Waals surface area contributed by atoms with Crippen molar-refractivity contribution in [2.24, 2.45) is 5.92 Å². The van der Waals surface area contributed by atoms with E-state index in [-0.39, 0.29) is 55.4 Å². The van der Waals surface area contributed by atoms with Gasteiger partial charge < -0.3 is 30.1 Å². The third-order valence-electron chi connectivity index (χ3n) is 8.77. The number of amides is 4. The van der Waals surface area contributed by atoms with Crippen LogP contribution < -0.4 is 20.5 Å². The number of fused-ring (bicyclic) bond motifs is 1. The largest absolute Gasteiger partial charge is 0.524 e. The number of hydrogen-bond donors (Lipinski definition) is 5. The first-order valence-electron chi connectivity index (χ1n) is 16.6. The summed E-state index contributed by atoms with van der Waals surface area (Å²) in [6.07, 6.45) is 4.32. The fourth-order valence-electron chi connectivity index (χ4n) is 6.28. The Morgan fingerprint density at radius 2 is 1.67 bits per heavy atom. The number of rotatable bonds is 15. The van der Waals surface area contributed by atoms with Gasteiger partial charge in [0.05, 0.1) is 12.3 Å². The predicted molar refractivity (Wildman–Crippen MR) is 178 cm³/mol. The number of esters is 1. The van der Waals surface area contributed by atoms with Crippen LogP contribution in [0.25, 0.3) is 0 Å². The first-order valence-corrected chi connectivity index (χ1v) is 18.1. The van der Waals surface area contributed by atoms with Gasteiger partial charge in [-0.2, -0.15) is 0 Å². The minimum Gasteiger partial charge on any atom is -0.461 e. The van der Waals surface area contributed by atoms with Crippen LogP contribution in [0.15, 0.2) is 54.6 Å². The van der Waals surface area contributed by atoms with E-state index in [1.807, 2.05) is 30.3 Å². The van der Waals surface area contributed by atoms with E-state index in [1.165, 1.54) is 24.3 Å². The number of carbonyl (C=O) groups excluding carboxylic acids is 5. The number of phosphoric ester groups is 1. The molecule has 0 spiro atoms. The van der Waals surface area contributed by atoms with Crippen LogP contribution in [-0.4, -0.2) is 76.0 Å². The Labute approximate surface area is 285 Å². The van der Waals surface area contributed by atoms with E-state index in [0.29, 0.717) is 44.2 Å². The van der Waals surface area contributed by atoms with Gasteiger partial charge in [0.25, 0.3) is 0 Å². The molecule has 266 valence electrons. The first-order chi connectivity index (χ1) is 23.4. The van der Waals surface area contributed by atoms with Crippen molar-refractivity contribution in [3.05, 3.63) is 65.7 Å². The SMILES string of the molecule is CNC(=O)CCCNC(=O)[C@@H]1CC[C@@H]2CCCC[C@H](NC(=O)[C@@H](CC(=O)OCc3ccccc3)Cc3ccc(OP(=O)(O)O)cc3)C(=O)N21. The molecule has 0 radical (unpaired) electrons. The predicted octanol–water partition coefficient (Wildman–Crippen LogP) is 2.51. The Hall–Kier alpha value is -4.26. The number of hydrogen-bond acceptors (Lipinski definition) is 8. The zero-order chi connectivity index (χ0) is 35.4. The van der Waals surface area contributed by atoms with E-state index in [1.54, 1.807) is 11.9 Å². The van der Waals surface area contributed by atoms with Crippen LogP contribution in [0.4, 0.5) is 0 Å². The van der Waals surface area contributed by atoms with Crippen molar-refractivity contribution in [1.82, 2.24) is 20.9 Å². The Bertz CT molecular complexity index is 1500. The van der Waals surface area contributed by atoms with E-state index in [2.05, 4.69) is 20.5 Å². The van der Waals surface area contributed by atoms with E-state index < -0.39 is 37.7 Å². The van der Waals surface area contributed by atoms with Crippen LogP contribution in [0.5, 0.6) is 5.75 Å². The highest BCUT2D eigenvalue weighted by Crippen LogP contribution is 2.37. The van der Waals surface area contributed by atoms with Gasteiger partial charge in [-0.1, -0.05) is 55.3 Å². The summed E-state index contributed by atoms with van der Waals surface area (Å²) in [5, 5.41) is 8.28.